The van der Waals surface area contributed by atoms with Crippen molar-refractivity contribution >= 4 is 62.3 Å². The molecule has 0 saturated heterocycles. The molecule has 0 aromatic heterocycles. The summed E-state index contributed by atoms with van der Waals surface area (Å²) in [5, 5.41) is 4.00. The van der Waals surface area contributed by atoms with E-state index in [1.807, 2.05) is 20.8 Å². The molecule has 0 heterocycles. The third kappa shape index (κ3) is 8.16. The molecule has 0 fully saturated rings. The highest BCUT2D eigenvalue weighted by molar-refractivity contribution is 7.92. The second kappa shape index (κ2) is 13.5. The molecule has 220 valence electrons. The molecule has 41 heavy (non-hydrogen) atoms. The number of benzene rings is 3. The van der Waals surface area contributed by atoms with Crippen molar-refractivity contribution < 1.29 is 18.0 Å². The number of hydrogen-bond donors (Lipinski definition) is 1. The highest BCUT2D eigenvalue weighted by Crippen LogP contribution is 2.31. The SMILES string of the molecule is CCC(C(=O)NC(C)(C)C)N(Cc1c(Cl)cccc1Cl)C(=O)CN(c1ccc(Cl)cc1C)S(=O)(=O)c1ccccc1. The van der Waals surface area contributed by atoms with Gasteiger partial charge in [-0.2, -0.15) is 0 Å². The van der Waals surface area contributed by atoms with Crippen molar-refractivity contribution in [2.75, 3.05) is 10.8 Å². The third-order valence-electron chi connectivity index (χ3n) is 6.31. The first-order chi connectivity index (χ1) is 19.2. The average Bonchev–Trinajstić information content (AvgIpc) is 2.88. The van der Waals surface area contributed by atoms with Gasteiger partial charge in [-0.25, -0.2) is 8.42 Å². The first-order valence-electron chi connectivity index (χ1n) is 13.0. The van der Waals surface area contributed by atoms with Gasteiger partial charge in [-0.3, -0.25) is 13.9 Å². The highest BCUT2D eigenvalue weighted by atomic mass is 35.5. The van der Waals surface area contributed by atoms with Crippen molar-refractivity contribution in [1.29, 1.82) is 0 Å². The second-order valence-corrected chi connectivity index (χ2v) is 13.8. The van der Waals surface area contributed by atoms with Crippen LogP contribution in [0, 0.1) is 6.92 Å². The van der Waals surface area contributed by atoms with Gasteiger partial charge in [-0.05, 0) is 82.1 Å². The zero-order valence-electron chi connectivity index (χ0n) is 23.6. The Morgan fingerprint density at radius 1 is 0.927 bits per heavy atom. The predicted molar refractivity (Wildman–Crippen MR) is 166 cm³/mol. The molecule has 3 aromatic rings. The van der Waals surface area contributed by atoms with Crippen LogP contribution in [0.15, 0.2) is 71.6 Å². The Labute approximate surface area is 257 Å². The molecule has 3 rings (SSSR count). The van der Waals surface area contributed by atoms with Crippen LogP contribution in [0.1, 0.15) is 45.2 Å². The van der Waals surface area contributed by atoms with Crippen molar-refractivity contribution in [3.05, 3.63) is 92.9 Å². The highest BCUT2D eigenvalue weighted by Gasteiger charge is 2.35. The molecule has 7 nitrogen and oxygen atoms in total. The summed E-state index contributed by atoms with van der Waals surface area (Å²) in [6.07, 6.45) is 0.265. The summed E-state index contributed by atoms with van der Waals surface area (Å²) in [6.45, 7) is 8.33. The molecule has 1 N–H and O–H groups in total. The molecule has 2 amide bonds. The summed E-state index contributed by atoms with van der Waals surface area (Å²) in [5.41, 5.74) is 0.730. The topological polar surface area (TPSA) is 86.8 Å². The largest absolute Gasteiger partial charge is 0.350 e. The maximum atomic E-state index is 14.2. The second-order valence-electron chi connectivity index (χ2n) is 10.6. The van der Waals surface area contributed by atoms with Gasteiger partial charge in [0.25, 0.3) is 10.0 Å². The van der Waals surface area contributed by atoms with E-state index in [-0.39, 0.29) is 29.5 Å². The summed E-state index contributed by atoms with van der Waals surface area (Å²) < 4.78 is 29.0. The van der Waals surface area contributed by atoms with Gasteiger partial charge in [0.15, 0.2) is 0 Å². The van der Waals surface area contributed by atoms with E-state index in [4.69, 9.17) is 34.8 Å². The van der Waals surface area contributed by atoms with Gasteiger partial charge >= 0.3 is 0 Å². The van der Waals surface area contributed by atoms with E-state index in [1.54, 1.807) is 68.4 Å². The lowest BCUT2D eigenvalue weighted by atomic mass is 10.1. The number of aryl methyl sites for hydroxylation is 1. The average molecular weight is 639 g/mol. The zero-order valence-corrected chi connectivity index (χ0v) is 26.7. The van der Waals surface area contributed by atoms with Gasteiger partial charge < -0.3 is 10.2 Å². The molecule has 0 spiro atoms. The lowest BCUT2D eigenvalue weighted by Gasteiger charge is -2.35. The fraction of sp³-hybridized carbons (Fsp3) is 0.333. The Morgan fingerprint density at radius 2 is 1.54 bits per heavy atom. The molecule has 0 aliphatic rings. The van der Waals surface area contributed by atoms with Gasteiger partial charge in [0.1, 0.15) is 12.6 Å². The molecule has 0 aliphatic carbocycles. The monoisotopic (exact) mass is 637 g/mol. The fourth-order valence-corrected chi connectivity index (χ4v) is 6.60. The number of carbonyl (C=O) groups is 2. The van der Waals surface area contributed by atoms with E-state index >= 15 is 0 Å². The van der Waals surface area contributed by atoms with Crippen LogP contribution in [-0.2, 0) is 26.2 Å². The molecular formula is C30H34Cl3N3O4S. The lowest BCUT2D eigenvalue weighted by Crippen LogP contribution is -2.55. The normalized spacial score (nSPS) is 12.5. The van der Waals surface area contributed by atoms with Gasteiger partial charge in [-0.1, -0.05) is 66.0 Å². The molecule has 1 atom stereocenters. The first-order valence-corrected chi connectivity index (χ1v) is 15.6. The lowest BCUT2D eigenvalue weighted by molar-refractivity contribution is -0.141. The first kappa shape index (κ1) is 32.7. The van der Waals surface area contributed by atoms with Gasteiger partial charge in [-0.15, -0.1) is 0 Å². The van der Waals surface area contributed by atoms with Gasteiger partial charge in [0.05, 0.1) is 10.6 Å². The number of carbonyl (C=O) groups excluding carboxylic acids is 2. The quantitative estimate of drug-likeness (QED) is 0.263. The number of hydrogen-bond acceptors (Lipinski definition) is 4. The minimum absolute atomic E-state index is 0.0142. The van der Waals surface area contributed by atoms with Crippen molar-refractivity contribution in [3.63, 3.8) is 0 Å². The summed E-state index contributed by atoms with van der Waals surface area (Å²) in [6, 6.07) is 16.6. The van der Waals surface area contributed by atoms with Crippen molar-refractivity contribution in [2.45, 2.75) is 64.1 Å². The van der Waals surface area contributed by atoms with Crippen molar-refractivity contribution in [3.8, 4) is 0 Å². The van der Waals surface area contributed by atoms with Gasteiger partial charge in [0.2, 0.25) is 11.8 Å². The van der Waals surface area contributed by atoms with Crippen LogP contribution < -0.4 is 9.62 Å². The van der Waals surface area contributed by atoms with Crippen LogP contribution in [0.3, 0.4) is 0 Å². The molecule has 0 saturated carbocycles. The standard InChI is InChI=1S/C30H34Cl3N3O4S/c1-6-26(29(38)34-30(3,4)5)35(18-23-24(32)13-10-14-25(23)33)28(37)19-36(27-16-15-21(31)17-20(27)2)41(39,40)22-11-8-7-9-12-22/h7-17,26H,6,18-19H2,1-5H3,(H,34,38). The molecule has 3 aromatic carbocycles. The Bertz CT molecular complexity index is 1490. The molecule has 1 unspecified atom stereocenters. The number of sulfonamides is 1. The van der Waals surface area contributed by atoms with E-state index in [0.29, 0.717) is 26.2 Å². The minimum Gasteiger partial charge on any atom is -0.350 e. The van der Waals surface area contributed by atoms with Crippen LogP contribution in [0.25, 0.3) is 0 Å². The summed E-state index contributed by atoms with van der Waals surface area (Å²) >= 11 is 19.1. The Balaban J connectivity index is 2.14. The van der Waals surface area contributed by atoms with Crippen molar-refractivity contribution in [1.82, 2.24) is 10.2 Å². The molecule has 0 aliphatic heterocycles. The Kier molecular flexibility index (Phi) is 10.7. The fourth-order valence-electron chi connectivity index (χ4n) is 4.36. The molecule has 0 bridgehead atoms. The number of rotatable bonds is 10. The summed E-state index contributed by atoms with van der Waals surface area (Å²) in [4.78, 5) is 29.0. The number of halogens is 3. The van der Waals surface area contributed by atoms with Crippen LogP contribution in [0.2, 0.25) is 15.1 Å². The zero-order chi connectivity index (χ0) is 30.5. The Morgan fingerprint density at radius 3 is 2.07 bits per heavy atom. The van der Waals surface area contributed by atoms with Crippen LogP contribution >= 0.6 is 34.8 Å². The maximum Gasteiger partial charge on any atom is 0.264 e. The molecule has 11 heteroatoms. The number of nitrogens with one attached hydrogen (secondary N) is 1. The number of amides is 2. The van der Waals surface area contributed by atoms with E-state index in [0.717, 1.165) is 4.31 Å². The van der Waals surface area contributed by atoms with Crippen LogP contribution in [-0.4, -0.2) is 43.3 Å². The summed E-state index contributed by atoms with van der Waals surface area (Å²) in [5.74, 6) is -0.984. The number of anilines is 1. The summed E-state index contributed by atoms with van der Waals surface area (Å²) in [7, 11) is -4.20. The van der Waals surface area contributed by atoms with Crippen LogP contribution in [0.4, 0.5) is 5.69 Å². The maximum absolute atomic E-state index is 14.2. The third-order valence-corrected chi connectivity index (χ3v) is 9.03. The Hall–Kier alpha value is -2.78. The smallest absolute Gasteiger partial charge is 0.264 e. The minimum atomic E-state index is -4.20. The number of nitrogens with zero attached hydrogens (tertiary/aromatic N) is 2. The van der Waals surface area contributed by atoms with E-state index < -0.39 is 34.1 Å². The van der Waals surface area contributed by atoms with Crippen molar-refractivity contribution in [2.24, 2.45) is 0 Å². The van der Waals surface area contributed by atoms with Crippen LogP contribution in [0.5, 0.6) is 0 Å². The van der Waals surface area contributed by atoms with E-state index in [9.17, 15) is 18.0 Å². The van der Waals surface area contributed by atoms with E-state index in [1.165, 1.54) is 17.0 Å². The molecule has 0 radical (unpaired) electrons. The predicted octanol–water partition coefficient (Wildman–Crippen LogP) is 6.87. The van der Waals surface area contributed by atoms with E-state index in [2.05, 4.69) is 5.32 Å². The molecular weight excluding hydrogens is 605 g/mol. The van der Waals surface area contributed by atoms with Gasteiger partial charge in [0, 0.05) is 32.7 Å².